The Morgan fingerprint density at radius 1 is 0.388 bits per heavy atom. The predicted octanol–water partition coefficient (Wildman–Crippen LogP) is 14.3. The van der Waals surface area contributed by atoms with Gasteiger partial charge in [0, 0.05) is 0 Å². The molecular formula is C48H48O. The number of fused-ring (bicyclic) bond motifs is 3. The second-order valence-electron chi connectivity index (χ2n) is 13.8. The fourth-order valence-corrected chi connectivity index (χ4v) is 7.65. The summed E-state index contributed by atoms with van der Waals surface area (Å²) in [5.41, 5.74) is 8.72. The first kappa shape index (κ1) is 32.7. The largest absolute Gasteiger partial charge is 0.508 e. The van der Waals surface area contributed by atoms with Crippen LogP contribution in [0.1, 0.15) is 76.7 Å². The zero-order valence-electron chi connectivity index (χ0n) is 28.9. The summed E-state index contributed by atoms with van der Waals surface area (Å²) >= 11 is 0. The van der Waals surface area contributed by atoms with Crippen molar-refractivity contribution in [2.45, 2.75) is 77.6 Å². The molecule has 0 bridgehead atoms. The minimum Gasteiger partial charge on any atom is -0.508 e. The summed E-state index contributed by atoms with van der Waals surface area (Å²) in [6.45, 7) is 2.29. The van der Waals surface area contributed by atoms with Gasteiger partial charge in [-0.3, -0.25) is 0 Å². The third-order valence-corrected chi connectivity index (χ3v) is 10.3. The molecule has 7 rings (SSSR count). The SMILES string of the molecule is CCCCCCCCCCCCc1ccc2cc(-c3ccc(-c4c5ccccc5c(-c5ccc(O)cc5)c5ccccc45)cc3)ccc2c1. The highest BCUT2D eigenvalue weighted by molar-refractivity contribution is 6.21. The topological polar surface area (TPSA) is 20.2 Å². The van der Waals surface area contributed by atoms with E-state index >= 15 is 0 Å². The number of aryl methyl sites for hydroxylation is 1. The van der Waals surface area contributed by atoms with Crippen LogP contribution in [0.15, 0.2) is 133 Å². The highest BCUT2D eigenvalue weighted by Gasteiger charge is 2.16. The van der Waals surface area contributed by atoms with Crippen LogP contribution in [-0.2, 0) is 6.42 Å². The second-order valence-corrected chi connectivity index (χ2v) is 13.8. The van der Waals surface area contributed by atoms with Crippen LogP contribution in [0.3, 0.4) is 0 Å². The molecule has 7 aromatic rings. The van der Waals surface area contributed by atoms with Gasteiger partial charge in [0.1, 0.15) is 5.75 Å². The molecule has 0 aromatic heterocycles. The van der Waals surface area contributed by atoms with Gasteiger partial charge in [-0.2, -0.15) is 0 Å². The lowest BCUT2D eigenvalue weighted by Crippen LogP contribution is -1.91. The van der Waals surface area contributed by atoms with E-state index in [1.807, 2.05) is 12.1 Å². The van der Waals surface area contributed by atoms with Crippen molar-refractivity contribution in [2.24, 2.45) is 0 Å². The van der Waals surface area contributed by atoms with E-state index in [2.05, 4.69) is 116 Å². The zero-order chi connectivity index (χ0) is 33.4. The Morgan fingerprint density at radius 3 is 1.37 bits per heavy atom. The lowest BCUT2D eigenvalue weighted by molar-refractivity contribution is 0.475. The van der Waals surface area contributed by atoms with E-state index in [4.69, 9.17) is 0 Å². The fraction of sp³-hybridized carbons (Fsp3) is 0.250. The predicted molar refractivity (Wildman–Crippen MR) is 212 cm³/mol. The summed E-state index contributed by atoms with van der Waals surface area (Å²) in [6.07, 6.45) is 15.0. The number of phenols is 1. The van der Waals surface area contributed by atoms with E-state index in [-0.39, 0.29) is 5.75 Å². The first-order valence-corrected chi connectivity index (χ1v) is 18.6. The van der Waals surface area contributed by atoms with Crippen LogP contribution < -0.4 is 0 Å². The number of rotatable bonds is 14. The Kier molecular flexibility index (Phi) is 10.4. The van der Waals surface area contributed by atoms with Gasteiger partial charge in [-0.25, -0.2) is 0 Å². The summed E-state index contributed by atoms with van der Waals surface area (Å²) in [5, 5.41) is 17.5. The van der Waals surface area contributed by atoms with Crippen molar-refractivity contribution < 1.29 is 5.11 Å². The molecule has 0 atom stereocenters. The maximum absolute atomic E-state index is 9.97. The van der Waals surface area contributed by atoms with Crippen molar-refractivity contribution >= 4 is 32.3 Å². The van der Waals surface area contributed by atoms with Crippen molar-refractivity contribution in [2.75, 3.05) is 0 Å². The summed E-state index contributed by atoms with van der Waals surface area (Å²) in [4.78, 5) is 0. The monoisotopic (exact) mass is 640 g/mol. The van der Waals surface area contributed by atoms with E-state index in [0.29, 0.717) is 0 Å². The van der Waals surface area contributed by atoms with Gasteiger partial charge in [-0.05, 0) is 102 Å². The number of hydrogen-bond acceptors (Lipinski definition) is 1. The Morgan fingerprint density at radius 2 is 0.816 bits per heavy atom. The van der Waals surface area contributed by atoms with E-state index < -0.39 is 0 Å². The van der Waals surface area contributed by atoms with Gasteiger partial charge in [-0.15, -0.1) is 0 Å². The minimum absolute atomic E-state index is 0.282. The Labute approximate surface area is 292 Å². The molecule has 1 heteroatoms. The average Bonchev–Trinajstić information content (AvgIpc) is 3.15. The van der Waals surface area contributed by atoms with Gasteiger partial charge in [-0.1, -0.05) is 180 Å². The van der Waals surface area contributed by atoms with Crippen LogP contribution in [0.25, 0.3) is 65.7 Å². The van der Waals surface area contributed by atoms with Crippen molar-refractivity contribution in [3.05, 3.63) is 139 Å². The van der Waals surface area contributed by atoms with Crippen LogP contribution >= 0.6 is 0 Å². The summed E-state index contributed by atoms with van der Waals surface area (Å²) in [6, 6.07) is 48.1. The van der Waals surface area contributed by atoms with E-state index in [9.17, 15) is 5.11 Å². The normalized spacial score (nSPS) is 11.5. The number of unbranched alkanes of at least 4 members (excludes halogenated alkanes) is 9. The van der Waals surface area contributed by atoms with E-state index in [1.54, 1.807) is 12.1 Å². The molecule has 1 N–H and O–H groups in total. The number of aromatic hydroxyl groups is 1. The molecule has 0 spiro atoms. The summed E-state index contributed by atoms with van der Waals surface area (Å²) in [7, 11) is 0. The minimum atomic E-state index is 0.282. The molecule has 0 saturated heterocycles. The van der Waals surface area contributed by atoms with Crippen molar-refractivity contribution in [3.8, 4) is 39.1 Å². The van der Waals surface area contributed by atoms with Crippen LogP contribution in [0.2, 0.25) is 0 Å². The maximum Gasteiger partial charge on any atom is 0.115 e. The molecule has 0 radical (unpaired) electrons. The first-order chi connectivity index (χ1) is 24.2. The molecular weight excluding hydrogens is 593 g/mol. The zero-order valence-corrected chi connectivity index (χ0v) is 28.9. The van der Waals surface area contributed by atoms with Crippen LogP contribution in [0, 0.1) is 0 Å². The molecule has 49 heavy (non-hydrogen) atoms. The van der Waals surface area contributed by atoms with Crippen LogP contribution in [0.4, 0.5) is 0 Å². The molecule has 246 valence electrons. The molecule has 1 nitrogen and oxygen atoms in total. The van der Waals surface area contributed by atoms with Crippen molar-refractivity contribution in [3.63, 3.8) is 0 Å². The van der Waals surface area contributed by atoms with Gasteiger partial charge >= 0.3 is 0 Å². The van der Waals surface area contributed by atoms with Gasteiger partial charge in [0.05, 0.1) is 0 Å². The highest BCUT2D eigenvalue weighted by atomic mass is 16.3. The van der Waals surface area contributed by atoms with E-state index in [1.165, 1.54) is 136 Å². The van der Waals surface area contributed by atoms with Crippen molar-refractivity contribution in [1.29, 1.82) is 0 Å². The molecule has 0 aliphatic carbocycles. The van der Waals surface area contributed by atoms with E-state index in [0.717, 1.165) is 5.56 Å². The molecule has 0 aliphatic rings. The lowest BCUT2D eigenvalue weighted by atomic mass is 9.85. The third-order valence-electron chi connectivity index (χ3n) is 10.3. The lowest BCUT2D eigenvalue weighted by Gasteiger charge is -2.18. The second kappa shape index (κ2) is 15.6. The Hall–Kier alpha value is -4.88. The van der Waals surface area contributed by atoms with Gasteiger partial charge in [0.2, 0.25) is 0 Å². The molecule has 0 saturated carbocycles. The Bertz CT molecular complexity index is 2100. The quantitative estimate of drug-likeness (QED) is 0.0926. The van der Waals surface area contributed by atoms with Gasteiger partial charge in [0.15, 0.2) is 0 Å². The summed E-state index contributed by atoms with van der Waals surface area (Å²) < 4.78 is 0. The molecule has 7 aromatic carbocycles. The molecule has 0 amide bonds. The van der Waals surface area contributed by atoms with Crippen molar-refractivity contribution in [1.82, 2.24) is 0 Å². The average molecular weight is 641 g/mol. The number of phenolic OH excluding ortho intramolecular Hbond substituents is 1. The maximum atomic E-state index is 9.97. The smallest absolute Gasteiger partial charge is 0.115 e. The molecule has 0 unspecified atom stereocenters. The number of hydrogen-bond donors (Lipinski definition) is 1. The Balaban J connectivity index is 1.08. The molecule has 0 heterocycles. The van der Waals surface area contributed by atoms with Gasteiger partial charge in [0.25, 0.3) is 0 Å². The standard InChI is InChI=1S/C48H48O/c1-2-3-4-5-6-7-8-9-10-11-16-35-21-22-41-34-40(28-27-39(41)33-35)36-23-25-37(26-24-36)47-43-17-12-14-19-45(43)48(38-29-31-42(49)32-30-38)46-20-15-13-18-44(46)47/h12-15,17-34,49H,2-11,16H2,1H3. The molecule has 0 aliphatic heterocycles. The fourth-order valence-electron chi connectivity index (χ4n) is 7.65. The van der Waals surface area contributed by atoms with Crippen LogP contribution in [-0.4, -0.2) is 5.11 Å². The summed E-state index contributed by atoms with van der Waals surface area (Å²) in [5.74, 6) is 0.282. The molecule has 0 fully saturated rings. The third kappa shape index (κ3) is 7.42. The first-order valence-electron chi connectivity index (χ1n) is 18.6. The highest BCUT2D eigenvalue weighted by Crippen LogP contribution is 2.44. The number of benzene rings is 7. The van der Waals surface area contributed by atoms with Gasteiger partial charge < -0.3 is 5.11 Å². The van der Waals surface area contributed by atoms with Crippen LogP contribution in [0.5, 0.6) is 5.75 Å².